The van der Waals surface area contributed by atoms with E-state index < -0.39 is 10.1 Å². The van der Waals surface area contributed by atoms with Gasteiger partial charge in [0.05, 0.1) is 15.8 Å². The molecule has 0 amide bonds. The molecule has 4 nitrogen and oxygen atoms in total. The Hall–Kier alpha value is -2.80. The minimum absolute atomic E-state index is 0.178. The lowest BCUT2D eigenvalue weighted by Crippen LogP contribution is -2.30. The number of nitrogens with zero attached hydrogens (tertiary/aromatic N) is 1. The number of rotatable bonds is 3. The first kappa shape index (κ1) is 21.9. The van der Waals surface area contributed by atoms with Crippen LogP contribution >= 0.6 is 11.3 Å². The van der Waals surface area contributed by atoms with E-state index in [9.17, 15) is 13.0 Å². The van der Waals surface area contributed by atoms with Crippen molar-refractivity contribution < 1.29 is 17.5 Å². The van der Waals surface area contributed by atoms with Crippen molar-refractivity contribution in [1.29, 1.82) is 0 Å². The SMILES string of the molecule is Cc1ccc(S(=O)(=O)[O-])cc1.Cc1scc(-c2ccccc2-c2ccccc2)[n+]1C. The van der Waals surface area contributed by atoms with E-state index in [-0.39, 0.29) is 4.90 Å². The Morgan fingerprint density at radius 3 is 1.90 bits per heavy atom. The Morgan fingerprint density at radius 2 is 1.37 bits per heavy atom. The summed E-state index contributed by atoms with van der Waals surface area (Å²) in [7, 11) is -2.14. The van der Waals surface area contributed by atoms with Gasteiger partial charge in [-0.05, 0) is 36.2 Å². The first-order chi connectivity index (χ1) is 14.3. The van der Waals surface area contributed by atoms with Gasteiger partial charge in [0.15, 0.2) is 0 Å². The van der Waals surface area contributed by atoms with Crippen LogP contribution in [0.2, 0.25) is 0 Å². The lowest BCUT2D eigenvalue weighted by molar-refractivity contribution is -0.661. The van der Waals surface area contributed by atoms with Gasteiger partial charge in [0.1, 0.15) is 17.2 Å². The molecule has 6 heteroatoms. The summed E-state index contributed by atoms with van der Waals surface area (Å²) in [5.74, 6) is 0. The molecule has 4 aromatic rings. The third-order valence-electron chi connectivity index (χ3n) is 4.77. The molecular formula is C24H23NO3S2. The third-order valence-corrected chi connectivity index (χ3v) is 6.58. The lowest BCUT2D eigenvalue weighted by atomic mass is 9.98. The van der Waals surface area contributed by atoms with Gasteiger partial charge in [-0.1, -0.05) is 77.6 Å². The fraction of sp³-hybridized carbons (Fsp3) is 0.125. The number of aryl methyl sites for hydroxylation is 2. The number of benzene rings is 3. The van der Waals surface area contributed by atoms with Crippen LogP contribution in [-0.4, -0.2) is 13.0 Å². The largest absolute Gasteiger partial charge is 0.744 e. The lowest BCUT2D eigenvalue weighted by Gasteiger charge is -2.06. The number of hydrogen-bond donors (Lipinski definition) is 0. The Balaban J connectivity index is 0.000000199. The van der Waals surface area contributed by atoms with Gasteiger partial charge in [-0.15, -0.1) is 0 Å². The standard InChI is InChI=1S/C17H16NS.C7H8O3S/c1-13-18(2)17(12-19-13)16-11-7-6-10-15(16)14-8-4-3-5-9-14;1-6-2-4-7(5-3-6)11(8,9)10/h3-12H,1-2H3;2-5H,1H3,(H,8,9,10)/q+1;/p-1. The van der Waals surface area contributed by atoms with Crippen molar-refractivity contribution in [2.75, 3.05) is 0 Å². The van der Waals surface area contributed by atoms with Gasteiger partial charge in [0.2, 0.25) is 10.7 Å². The van der Waals surface area contributed by atoms with Crippen LogP contribution < -0.4 is 4.57 Å². The van der Waals surface area contributed by atoms with Gasteiger partial charge in [-0.25, -0.2) is 8.42 Å². The van der Waals surface area contributed by atoms with Crippen molar-refractivity contribution in [1.82, 2.24) is 0 Å². The van der Waals surface area contributed by atoms with E-state index in [2.05, 4.69) is 78.5 Å². The molecule has 154 valence electrons. The van der Waals surface area contributed by atoms with Gasteiger partial charge >= 0.3 is 0 Å². The molecule has 0 aliphatic rings. The van der Waals surface area contributed by atoms with Crippen LogP contribution in [0.5, 0.6) is 0 Å². The summed E-state index contributed by atoms with van der Waals surface area (Å²) in [6.45, 7) is 3.97. The van der Waals surface area contributed by atoms with Crippen LogP contribution in [0.3, 0.4) is 0 Å². The molecule has 1 aromatic heterocycles. The molecule has 0 bridgehead atoms. The summed E-state index contributed by atoms with van der Waals surface area (Å²) in [4.78, 5) is -0.178. The maximum absolute atomic E-state index is 10.4. The van der Waals surface area contributed by atoms with Crippen LogP contribution in [0.1, 0.15) is 10.6 Å². The van der Waals surface area contributed by atoms with Gasteiger partial charge in [-0.2, -0.15) is 4.57 Å². The maximum atomic E-state index is 10.4. The smallest absolute Gasteiger partial charge is 0.234 e. The quantitative estimate of drug-likeness (QED) is 0.330. The summed E-state index contributed by atoms with van der Waals surface area (Å²) in [6.07, 6.45) is 0. The van der Waals surface area contributed by atoms with Crippen molar-refractivity contribution in [3.8, 4) is 22.4 Å². The second-order valence-corrected chi connectivity index (χ2v) is 9.32. The highest BCUT2D eigenvalue weighted by Crippen LogP contribution is 2.31. The van der Waals surface area contributed by atoms with E-state index in [1.807, 2.05) is 6.92 Å². The molecule has 4 rings (SSSR count). The van der Waals surface area contributed by atoms with Gasteiger partial charge in [-0.3, -0.25) is 0 Å². The van der Waals surface area contributed by atoms with Crippen LogP contribution in [0.4, 0.5) is 0 Å². The number of aromatic nitrogens is 1. The van der Waals surface area contributed by atoms with E-state index in [1.165, 1.54) is 39.5 Å². The second-order valence-electron chi connectivity index (χ2n) is 6.88. The summed E-state index contributed by atoms with van der Waals surface area (Å²) in [5.41, 5.74) is 6.05. The van der Waals surface area contributed by atoms with Crippen LogP contribution in [0.15, 0.2) is 89.1 Å². The minimum atomic E-state index is -4.27. The molecule has 1 heterocycles. The van der Waals surface area contributed by atoms with Gasteiger partial charge < -0.3 is 4.55 Å². The van der Waals surface area contributed by atoms with E-state index in [1.54, 1.807) is 23.5 Å². The minimum Gasteiger partial charge on any atom is -0.744 e. The van der Waals surface area contributed by atoms with Crippen molar-refractivity contribution in [3.05, 3.63) is 94.8 Å². The fourth-order valence-corrected chi connectivity index (χ4v) is 4.29. The molecule has 0 unspecified atom stereocenters. The molecular weight excluding hydrogens is 414 g/mol. The van der Waals surface area contributed by atoms with Crippen LogP contribution in [0.25, 0.3) is 22.4 Å². The molecule has 3 aromatic carbocycles. The highest BCUT2D eigenvalue weighted by atomic mass is 32.2. The fourth-order valence-electron chi connectivity index (χ4n) is 2.99. The molecule has 30 heavy (non-hydrogen) atoms. The molecule has 0 fully saturated rings. The highest BCUT2D eigenvalue weighted by molar-refractivity contribution is 7.85. The molecule has 0 N–H and O–H groups in total. The van der Waals surface area contributed by atoms with Crippen molar-refractivity contribution in [3.63, 3.8) is 0 Å². The topological polar surface area (TPSA) is 61.1 Å². The summed E-state index contributed by atoms with van der Waals surface area (Å²) in [5, 5.41) is 3.55. The predicted molar refractivity (Wildman–Crippen MR) is 120 cm³/mol. The monoisotopic (exact) mass is 437 g/mol. The van der Waals surface area contributed by atoms with E-state index >= 15 is 0 Å². The van der Waals surface area contributed by atoms with Crippen molar-refractivity contribution in [2.45, 2.75) is 18.7 Å². The molecule has 0 saturated heterocycles. The average Bonchev–Trinajstić information content (AvgIpc) is 3.07. The Bertz CT molecular complexity index is 1230. The summed E-state index contributed by atoms with van der Waals surface area (Å²) in [6, 6.07) is 24.9. The highest BCUT2D eigenvalue weighted by Gasteiger charge is 2.18. The first-order valence-electron chi connectivity index (χ1n) is 9.39. The van der Waals surface area contributed by atoms with Crippen LogP contribution in [-0.2, 0) is 17.2 Å². The zero-order valence-electron chi connectivity index (χ0n) is 17.1. The van der Waals surface area contributed by atoms with Gasteiger partial charge in [0, 0.05) is 6.92 Å². The van der Waals surface area contributed by atoms with E-state index in [0.717, 1.165) is 5.56 Å². The number of thiazole rings is 1. The van der Waals surface area contributed by atoms with E-state index in [4.69, 9.17) is 0 Å². The molecule has 0 spiro atoms. The Kier molecular flexibility index (Phi) is 6.82. The molecule has 0 saturated carbocycles. The molecule has 0 aliphatic heterocycles. The Morgan fingerprint density at radius 1 is 0.800 bits per heavy atom. The summed E-state index contributed by atoms with van der Waals surface area (Å²) >= 11 is 1.79. The number of hydrogen-bond acceptors (Lipinski definition) is 4. The third kappa shape index (κ3) is 5.21. The molecule has 0 aliphatic carbocycles. The Labute approximate surface area is 181 Å². The first-order valence-corrected chi connectivity index (χ1v) is 11.7. The molecule has 0 radical (unpaired) electrons. The van der Waals surface area contributed by atoms with Crippen molar-refractivity contribution >= 4 is 21.5 Å². The maximum Gasteiger partial charge on any atom is 0.234 e. The van der Waals surface area contributed by atoms with Gasteiger partial charge in [0.25, 0.3) is 0 Å². The second kappa shape index (κ2) is 9.34. The normalized spacial score (nSPS) is 10.9. The van der Waals surface area contributed by atoms with Crippen LogP contribution in [0, 0.1) is 13.8 Å². The zero-order valence-corrected chi connectivity index (χ0v) is 18.7. The van der Waals surface area contributed by atoms with E-state index in [0.29, 0.717) is 0 Å². The molecule has 0 atom stereocenters. The predicted octanol–water partition coefficient (Wildman–Crippen LogP) is 5.11. The zero-order chi connectivity index (χ0) is 21.7. The average molecular weight is 438 g/mol. The summed E-state index contributed by atoms with van der Waals surface area (Å²) < 4.78 is 33.4. The van der Waals surface area contributed by atoms with Crippen molar-refractivity contribution in [2.24, 2.45) is 7.05 Å².